The quantitative estimate of drug-likeness (QED) is 0.418. The van der Waals surface area contributed by atoms with Gasteiger partial charge in [0.15, 0.2) is 6.61 Å². The lowest BCUT2D eigenvalue weighted by Gasteiger charge is -2.29. The highest BCUT2D eigenvalue weighted by Crippen LogP contribution is 2.29. The molecule has 0 aliphatic heterocycles. The van der Waals surface area contributed by atoms with Gasteiger partial charge in [-0.05, 0) is 43.2 Å². The first-order valence-electron chi connectivity index (χ1n) is 9.68. The minimum absolute atomic E-state index is 0.0606. The Morgan fingerprint density at radius 2 is 1.71 bits per heavy atom. The summed E-state index contributed by atoms with van der Waals surface area (Å²) in [6.45, 7) is 5.91. The molecule has 0 unspecified atom stereocenters. The summed E-state index contributed by atoms with van der Waals surface area (Å²) in [5.41, 5.74) is 0.560. The molecular weight excluding hydrogens is 527 g/mol. The van der Waals surface area contributed by atoms with Crippen molar-refractivity contribution in [3.8, 4) is 5.75 Å². The van der Waals surface area contributed by atoms with Gasteiger partial charge in [-0.2, -0.15) is 0 Å². The summed E-state index contributed by atoms with van der Waals surface area (Å²) < 4.78 is 6.41. The van der Waals surface area contributed by atoms with E-state index in [2.05, 4.69) is 21.2 Å². The van der Waals surface area contributed by atoms with Gasteiger partial charge in [0.1, 0.15) is 11.8 Å². The van der Waals surface area contributed by atoms with Gasteiger partial charge in [-0.3, -0.25) is 9.59 Å². The van der Waals surface area contributed by atoms with Crippen LogP contribution in [0, 0.1) is 5.92 Å². The number of carbonyl (C=O) groups is 2. The zero-order valence-corrected chi connectivity index (χ0v) is 21.3. The molecule has 2 aromatic rings. The van der Waals surface area contributed by atoms with Crippen LogP contribution in [0.5, 0.6) is 5.75 Å². The third kappa shape index (κ3) is 7.56. The van der Waals surface area contributed by atoms with E-state index in [4.69, 9.17) is 39.5 Å². The van der Waals surface area contributed by atoms with Crippen molar-refractivity contribution in [2.45, 2.75) is 33.4 Å². The van der Waals surface area contributed by atoms with E-state index >= 15 is 0 Å². The van der Waals surface area contributed by atoms with Gasteiger partial charge in [0.25, 0.3) is 5.91 Å². The first kappa shape index (κ1) is 25.8. The van der Waals surface area contributed by atoms with E-state index < -0.39 is 11.9 Å². The highest BCUT2D eigenvalue weighted by molar-refractivity contribution is 9.10. The molecule has 0 spiro atoms. The number of rotatable bonds is 9. The predicted octanol–water partition coefficient (Wildman–Crippen LogP) is 5.98. The van der Waals surface area contributed by atoms with Crippen LogP contribution in [0.2, 0.25) is 15.1 Å². The molecule has 0 radical (unpaired) electrons. The minimum Gasteiger partial charge on any atom is -0.482 e. The maximum Gasteiger partial charge on any atom is 0.261 e. The average Bonchev–Trinajstić information content (AvgIpc) is 2.70. The smallest absolute Gasteiger partial charge is 0.261 e. The van der Waals surface area contributed by atoms with Gasteiger partial charge in [-0.1, -0.05) is 70.6 Å². The molecule has 0 bridgehead atoms. The molecule has 2 amide bonds. The molecular formula is C22H24BrCl3N2O3. The van der Waals surface area contributed by atoms with E-state index in [9.17, 15) is 9.59 Å². The van der Waals surface area contributed by atoms with E-state index in [0.29, 0.717) is 32.9 Å². The van der Waals surface area contributed by atoms with Crippen molar-refractivity contribution in [2.75, 3.05) is 13.2 Å². The molecule has 0 heterocycles. The van der Waals surface area contributed by atoms with E-state index in [-0.39, 0.29) is 25.0 Å². The standard InChI is InChI=1S/C22H24BrCl3N2O3/c1-13(2)10-27-22(30)14(3)28(11-16-17(24)5-4-6-18(16)25)21(29)12-31-20-8-7-15(23)9-19(20)26/h4-9,13-14H,10-12H2,1-3H3,(H,27,30)/t14-/m1/s1. The maximum atomic E-state index is 13.1. The minimum atomic E-state index is -0.762. The lowest BCUT2D eigenvalue weighted by molar-refractivity contribution is -0.142. The number of nitrogens with zero attached hydrogens (tertiary/aromatic N) is 1. The average molecular weight is 551 g/mol. The Kier molecular flexibility index (Phi) is 9.94. The van der Waals surface area contributed by atoms with Crippen LogP contribution in [0.3, 0.4) is 0 Å². The van der Waals surface area contributed by atoms with Crippen molar-refractivity contribution in [2.24, 2.45) is 5.92 Å². The lowest BCUT2D eigenvalue weighted by Crippen LogP contribution is -2.49. The van der Waals surface area contributed by atoms with Crippen LogP contribution in [0.25, 0.3) is 0 Å². The van der Waals surface area contributed by atoms with Gasteiger partial charge < -0.3 is 15.0 Å². The molecule has 0 aliphatic carbocycles. The molecule has 31 heavy (non-hydrogen) atoms. The molecule has 2 aromatic carbocycles. The van der Waals surface area contributed by atoms with Gasteiger partial charge >= 0.3 is 0 Å². The second-order valence-electron chi connectivity index (χ2n) is 7.40. The second kappa shape index (κ2) is 12.0. The zero-order chi connectivity index (χ0) is 23.1. The number of amides is 2. The van der Waals surface area contributed by atoms with Crippen LogP contribution >= 0.6 is 50.7 Å². The van der Waals surface area contributed by atoms with Crippen molar-refractivity contribution in [1.29, 1.82) is 0 Å². The fraction of sp³-hybridized carbons (Fsp3) is 0.364. The Balaban J connectivity index is 2.22. The summed E-state index contributed by atoms with van der Waals surface area (Å²) >= 11 is 22.1. The highest BCUT2D eigenvalue weighted by atomic mass is 79.9. The van der Waals surface area contributed by atoms with Crippen molar-refractivity contribution >= 4 is 62.5 Å². The Morgan fingerprint density at radius 3 is 2.29 bits per heavy atom. The number of benzene rings is 2. The summed E-state index contributed by atoms with van der Waals surface area (Å²) in [6.07, 6.45) is 0. The Labute approximate surface area is 206 Å². The van der Waals surface area contributed by atoms with Crippen molar-refractivity contribution in [3.63, 3.8) is 0 Å². The first-order valence-corrected chi connectivity index (χ1v) is 11.6. The SMILES string of the molecule is CC(C)CNC(=O)[C@@H](C)N(Cc1c(Cl)cccc1Cl)C(=O)COc1ccc(Br)cc1Cl. The number of hydrogen-bond acceptors (Lipinski definition) is 3. The Bertz CT molecular complexity index is 920. The van der Waals surface area contributed by atoms with Gasteiger partial charge in [-0.15, -0.1) is 0 Å². The van der Waals surface area contributed by atoms with E-state index in [1.807, 2.05) is 13.8 Å². The van der Waals surface area contributed by atoms with E-state index in [1.165, 1.54) is 4.90 Å². The molecule has 0 fully saturated rings. The topological polar surface area (TPSA) is 58.6 Å². The first-order chi connectivity index (χ1) is 14.6. The van der Waals surface area contributed by atoms with Crippen LogP contribution in [-0.2, 0) is 16.1 Å². The van der Waals surface area contributed by atoms with E-state index in [1.54, 1.807) is 43.3 Å². The van der Waals surface area contributed by atoms with Gasteiger partial charge in [0.05, 0.1) is 5.02 Å². The monoisotopic (exact) mass is 548 g/mol. The second-order valence-corrected chi connectivity index (χ2v) is 9.54. The molecule has 0 aromatic heterocycles. The molecule has 1 N–H and O–H groups in total. The van der Waals surface area contributed by atoms with E-state index in [0.717, 1.165) is 4.47 Å². The fourth-order valence-corrected chi connectivity index (χ4v) is 3.95. The van der Waals surface area contributed by atoms with Crippen LogP contribution in [0.1, 0.15) is 26.3 Å². The number of nitrogens with one attached hydrogen (secondary N) is 1. The number of hydrogen-bond donors (Lipinski definition) is 1. The summed E-state index contributed by atoms with van der Waals surface area (Å²) in [5.74, 6) is -0.0267. The zero-order valence-electron chi connectivity index (χ0n) is 17.4. The van der Waals surface area contributed by atoms with Crippen molar-refractivity contribution in [1.82, 2.24) is 10.2 Å². The summed E-state index contributed by atoms with van der Waals surface area (Å²) in [5, 5.41) is 4.05. The summed E-state index contributed by atoms with van der Waals surface area (Å²) in [4.78, 5) is 27.2. The van der Waals surface area contributed by atoms with Gasteiger partial charge in [-0.25, -0.2) is 0 Å². The number of carbonyl (C=O) groups excluding carboxylic acids is 2. The van der Waals surface area contributed by atoms with Crippen LogP contribution in [0.4, 0.5) is 0 Å². The lowest BCUT2D eigenvalue weighted by atomic mass is 10.1. The van der Waals surface area contributed by atoms with Crippen molar-refractivity contribution < 1.29 is 14.3 Å². The summed E-state index contributed by atoms with van der Waals surface area (Å²) in [7, 11) is 0. The molecule has 0 aliphatic rings. The third-order valence-electron chi connectivity index (χ3n) is 4.49. The fourth-order valence-electron chi connectivity index (χ4n) is 2.70. The van der Waals surface area contributed by atoms with Crippen LogP contribution in [-0.4, -0.2) is 35.9 Å². The Hall–Kier alpha value is -1.47. The number of ether oxygens (including phenoxy) is 1. The summed E-state index contributed by atoms with van der Waals surface area (Å²) in [6, 6.07) is 9.42. The van der Waals surface area contributed by atoms with Gasteiger partial charge in [0, 0.05) is 33.2 Å². The molecule has 0 saturated carbocycles. The molecule has 5 nitrogen and oxygen atoms in total. The largest absolute Gasteiger partial charge is 0.482 e. The van der Waals surface area contributed by atoms with Crippen molar-refractivity contribution in [3.05, 3.63) is 61.5 Å². The van der Waals surface area contributed by atoms with Crippen LogP contribution in [0.15, 0.2) is 40.9 Å². The molecule has 0 saturated heterocycles. The van der Waals surface area contributed by atoms with Gasteiger partial charge in [0.2, 0.25) is 5.91 Å². The predicted molar refractivity (Wildman–Crippen MR) is 129 cm³/mol. The molecule has 1 atom stereocenters. The normalized spacial score (nSPS) is 11.9. The maximum absolute atomic E-state index is 13.1. The molecule has 168 valence electrons. The molecule has 9 heteroatoms. The third-order valence-corrected chi connectivity index (χ3v) is 5.98. The van der Waals surface area contributed by atoms with Crippen LogP contribution < -0.4 is 10.1 Å². The molecule has 2 rings (SSSR count). The Morgan fingerprint density at radius 1 is 1.06 bits per heavy atom. The highest BCUT2D eigenvalue weighted by Gasteiger charge is 2.28. The number of halogens is 4.